The van der Waals surface area contributed by atoms with Crippen LogP contribution in [-0.4, -0.2) is 37.1 Å². The van der Waals surface area contributed by atoms with Crippen LogP contribution in [0, 0.1) is 6.92 Å². The molecule has 7 heteroatoms. The Bertz CT molecular complexity index is 1070. The number of hydrogen-bond acceptors (Lipinski definition) is 5. The summed E-state index contributed by atoms with van der Waals surface area (Å²) in [4.78, 5) is 16.4. The number of benzene rings is 1. The third kappa shape index (κ3) is 2.53. The highest BCUT2D eigenvalue weighted by molar-refractivity contribution is 6.04. The highest BCUT2D eigenvalue weighted by Gasteiger charge is 2.18. The number of para-hydroxylation sites is 1. The standard InChI is InChI=1S/C18H17N5O2/c1-3-25-15(24)11-22-17-13(10-20-22)9-19-18-16(17)12(2)21-23(18)14-7-5-4-6-8-14/h4-10H,3,11H2,1-2H3. The Labute approximate surface area is 143 Å². The van der Waals surface area contributed by atoms with E-state index in [1.54, 1.807) is 24.0 Å². The molecule has 0 atom stereocenters. The Morgan fingerprint density at radius 2 is 2.00 bits per heavy atom. The molecule has 4 rings (SSSR count). The van der Waals surface area contributed by atoms with E-state index in [4.69, 9.17) is 4.74 Å². The number of rotatable bonds is 4. The molecular weight excluding hydrogens is 318 g/mol. The van der Waals surface area contributed by atoms with Gasteiger partial charge in [0, 0.05) is 11.6 Å². The van der Waals surface area contributed by atoms with Crippen molar-refractivity contribution in [1.29, 1.82) is 0 Å². The minimum absolute atomic E-state index is 0.0619. The van der Waals surface area contributed by atoms with E-state index in [0.29, 0.717) is 6.61 Å². The van der Waals surface area contributed by atoms with Gasteiger partial charge in [0.2, 0.25) is 0 Å². The number of ether oxygens (including phenoxy) is 1. The quantitative estimate of drug-likeness (QED) is 0.536. The second-order valence-electron chi connectivity index (χ2n) is 5.70. The maximum Gasteiger partial charge on any atom is 0.327 e. The Balaban J connectivity index is 1.93. The molecule has 4 aromatic rings. The molecule has 0 saturated heterocycles. The number of pyridine rings is 1. The van der Waals surface area contributed by atoms with Crippen molar-refractivity contribution >= 4 is 27.9 Å². The average Bonchev–Trinajstić information content (AvgIpc) is 3.17. The first-order chi connectivity index (χ1) is 12.2. The number of nitrogens with zero attached hydrogens (tertiary/aromatic N) is 5. The molecule has 0 radical (unpaired) electrons. The highest BCUT2D eigenvalue weighted by Crippen LogP contribution is 2.28. The summed E-state index contributed by atoms with van der Waals surface area (Å²) >= 11 is 0. The number of carbonyl (C=O) groups excluding carboxylic acids is 1. The molecule has 0 bridgehead atoms. The smallest absolute Gasteiger partial charge is 0.327 e. The fourth-order valence-electron chi connectivity index (χ4n) is 3.01. The topological polar surface area (TPSA) is 74.8 Å². The van der Waals surface area contributed by atoms with Crippen LogP contribution >= 0.6 is 0 Å². The van der Waals surface area contributed by atoms with Crippen molar-refractivity contribution in [3.05, 3.63) is 48.4 Å². The lowest BCUT2D eigenvalue weighted by atomic mass is 10.2. The summed E-state index contributed by atoms with van der Waals surface area (Å²) in [5.74, 6) is -0.314. The molecule has 1 aromatic carbocycles. The van der Waals surface area contributed by atoms with Gasteiger partial charge in [-0.3, -0.25) is 9.48 Å². The zero-order chi connectivity index (χ0) is 17.4. The summed E-state index contributed by atoms with van der Waals surface area (Å²) in [7, 11) is 0. The second kappa shape index (κ2) is 6.01. The average molecular weight is 335 g/mol. The van der Waals surface area contributed by atoms with Crippen molar-refractivity contribution in [3.8, 4) is 5.69 Å². The second-order valence-corrected chi connectivity index (χ2v) is 5.70. The van der Waals surface area contributed by atoms with Crippen LogP contribution in [0.25, 0.3) is 27.6 Å². The first-order valence-corrected chi connectivity index (χ1v) is 8.10. The van der Waals surface area contributed by atoms with Gasteiger partial charge in [0.1, 0.15) is 6.54 Å². The van der Waals surface area contributed by atoms with Gasteiger partial charge in [-0.05, 0) is 26.0 Å². The van der Waals surface area contributed by atoms with Gasteiger partial charge in [0.15, 0.2) is 5.65 Å². The number of aryl methyl sites for hydroxylation is 1. The van der Waals surface area contributed by atoms with E-state index in [1.807, 2.05) is 41.9 Å². The van der Waals surface area contributed by atoms with Crippen LogP contribution in [0.4, 0.5) is 0 Å². The molecule has 0 aliphatic rings. The van der Waals surface area contributed by atoms with E-state index in [0.717, 1.165) is 33.3 Å². The molecule has 0 fully saturated rings. The van der Waals surface area contributed by atoms with Gasteiger partial charge in [-0.2, -0.15) is 10.2 Å². The molecule has 3 heterocycles. The molecule has 3 aromatic heterocycles. The largest absolute Gasteiger partial charge is 0.465 e. The van der Waals surface area contributed by atoms with Gasteiger partial charge >= 0.3 is 5.97 Å². The third-order valence-corrected chi connectivity index (χ3v) is 4.05. The van der Waals surface area contributed by atoms with Gasteiger partial charge in [0.05, 0.1) is 35.1 Å². The summed E-state index contributed by atoms with van der Waals surface area (Å²) in [6, 6.07) is 9.84. The monoisotopic (exact) mass is 335 g/mol. The number of fused-ring (bicyclic) bond motifs is 3. The van der Waals surface area contributed by atoms with Crippen LogP contribution in [0.15, 0.2) is 42.7 Å². The van der Waals surface area contributed by atoms with Crippen molar-refractivity contribution in [3.63, 3.8) is 0 Å². The minimum atomic E-state index is -0.314. The summed E-state index contributed by atoms with van der Waals surface area (Å²) < 4.78 is 8.51. The molecule has 0 spiro atoms. The maximum atomic E-state index is 11.9. The molecule has 126 valence electrons. The lowest BCUT2D eigenvalue weighted by Gasteiger charge is -2.05. The van der Waals surface area contributed by atoms with Crippen LogP contribution in [0.3, 0.4) is 0 Å². The zero-order valence-corrected chi connectivity index (χ0v) is 14.0. The molecule has 25 heavy (non-hydrogen) atoms. The first-order valence-electron chi connectivity index (χ1n) is 8.10. The van der Waals surface area contributed by atoms with Gasteiger partial charge in [-0.1, -0.05) is 18.2 Å². The molecule has 0 unspecified atom stereocenters. The molecule has 7 nitrogen and oxygen atoms in total. The van der Waals surface area contributed by atoms with E-state index in [1.165, 1.54) is 0 Å². The van der Waals surface area contributed by atoms with Crippen molar-refractivity contribution in [2.45, 2.75) is 20.4 Å². The van der Waals surface area contributed by atoms with E-state index in [-0.39, 0.29) is 12.5 Å². The summed E-state index contributed by atoms with van der Waals surface area (Å²) in [5.41, 5.74) is 3.35. The van der Waals surface area contributed by atoms with Crippen LogP contribution < -0.4 is 0 Å². The zero-order valence-electron chi connectivity index (χ0n) is 14.0. The maximum absolute atomic E-state index is 11.9. The van der Waals surface area contributed by atoms with Crippen LogP contribution in [0.1, 0.15) is 12.6 Å². The summed E-state index contributed by atoms with van der Waals surface area (Å²) in [6.07, 6.45) is 3.47. The van der Waals surface area contributed by atoms with Gasteiger partial charge < -0.3 is 4.74 Å². The lowest BCUT2D eigenvalue weighted by Crippen LogP contribution is -2.14. The number of esters is 1. The van der Waals surface area contributed by atoms with Crippen molar-refractivity contribution in [1.82, 2.24) is 24.5 Å². The fraction of sp³-hybridized carbons (Fsp3) is 0.222. The van der Waals surface area contributed by atoms with E-state index < -0.39 is 0 Å². The number of hydrogen-bond donors (Lipinski definition) is 0. The number of carbonyl (C=O) groups is 1. The molecule has 0 aliphatic carbocycles. The van der Waals surface area contributed by atoms with Gasteiger partial charge in [0.25, 0.3) is 0 Å². The Morgan fingerprint density at radius 3 is 2.76 bits per heavy atom. The first kappa shape index (κ1) is 15.3. The van der Waals surface area contributed by atoms with Crippen LogP contribution in [0.5, 0.6) is 0 Å². The lowest BCUT2D eigenvalue weighted by molar-refractivity contribution is -0.143. The molecule has 0 aliphatic heterocycles. The normalized spacial score (nSPS) is 11.3. The summed E-state index contributed by atoms with van der Waals surface area (Å²) in [6.45, 7) is 4.13. The van der Waals surface area contributed by atoms with Crippen LogP contribution in [-0.2, 0) is 16.1 Å². The SMILES string of the molecule is CCOC(=O)Cn1ncc2cnc3c(c(C)nn3-c3ccccc3)c21. The molecule has 0 N–H and O–H groups in total. The van der Waals surface area contributed by atoms with Gasteiger partial charge in [-0.25, -0.2) is 9.67 Å². The van der Waals surface area contributed by atoms with Crippen molar-refractivity contribution in [2.24, 2.45) is 0 Å². The fourth-order valence-corrected chi connectivity index (χ4v) is 3.01. The van der Waals surface area contributed by atoms with Crippen LogP contribution in [0.2, 0.25) is 0 Å². The van der Waals surface area contributed by atoms with Gasteiger partial charge in [-0.15, -0.1) is 0 Å². The van der Waals surface area contributed by atoms with E-state index >= 15 is 0 Å². The predicted molar refractivity (Wildman–Crippen MR) is 93.5 cm³/mol. The third-order valence-electron chi connectivity index (χ3n) is 4.05. The Kier molecular flexibility index (Phi) is 3.68. The van der Waals surface area contributed by atoms with Crippen molar-refractivity contribution in [2.75, 3.05) is 6.61 Å². The predicted octanol–water partition coefficient (Wildman–Crippen LogP) is 2.64. The van der Waals surface area contributed by atoms with E-state index in [2.05, 4.69) is 15.2 Å². The van der Waals surface area contributed by atoms with Crippen molar-refractivity contribution < 1.29 is 9.53 Å². The Morgan fingerprint density at radius 1 is 1.20 bits per heavy atom. The highest BCUT2D eigenvalue weighted by atomic mass is 16.5. The summed E-state index contributed by atoms with van der Waals surface area (Å²) in [5, 5.41) is 10.7. The molecular formula is C18H17N5O2. The number of aromatic nitrogens is 5. The van der Waals surface area contributed by atoms with E-state index in [9.17, 15) is 4.79 Å². The molecule has 0 saturated carbocycles. The molecule has 0 amide bonds. The Hall–Kier alpha value is -3.22. The minimum Gasteiger partial charge on any atom is -0.465 e.